The highest BCUT2D eigenvalue weighted by Gasteiger charge is 2.34. The number of nitrogens with one attached hydrogen (secondary N) is 1. The Hall–Kier alpha value is -3.34. The minimum Gasteiger partial charge on any atom is -0.484 e. The zero-order chi connectivity index (χ0) is 20.5. The molecule has 1 fully saturated rings. The molecular formula is C25H24N2O3. The Morgan fingerprint density at radius 2 is 1.80 bits per heavy atom. The van der Waals surface area contributed by atoms with Gasteiger partial charge < -0.3 is 15.0 Å². The topological polar surface area (TPSA) is 58.6 Å². The molecule has 0 aromatic heterocycles. The number of carbonyl (C=O) groups excluding carboxylic acids is 2. The number of fused-ring (bicyclic) bond motifs is 2. The van der Waals surface area contributed by atoms with Gasteiger partial charge in [0.05, 0.1) is 0 Å². The van der Waals surface area contributed by atoms with Crippen molar-refractivity contribution < 1.29 is 14.3 Å². The molecule has 1 N–H and O–H groups in total. The Kier molecular flexibility index (Phi) is 4.87. The number of rotatable bonds is 5. The van der Waals surface area contributed by atoms with Crippen molar-refractivity contribution in [3.05, 3.63) is 71.8 Å². The van der Waals surface area contributed by atoms with Crippen molar-refractivity contribution in [2.45, 2.75) is 25.8 Å². The maximum atomic E-state index is 12.4. The molecule has 152 valence electrons. The van der Waals surface area contributed by atoms with Gasteiger partial charge in [-0.2, -0.15) is 0 Å². The molecule has 5 heteroatoms. The molecule has 0 saturated heterocycles. The van der Waals surface area contributed by atoms with Gasteiger partial charge in [0.2, 0.25) is 5.91 Å². The number of nitrogens with zero attached hydrogens (tertiary/aromatic N) is 1. The predicted molar refractivity (Wildman–Crippen MR) is 116 cm³/mol. The molecule has 3 aromatic carbocycles. The zero-order valence-electron chi connectivity index (χ0n) is 16.8. The van der Waals surface area contributed by atoms with Crippen LogP contribution < -0.4 is 10.1 Å². The van der Waals surface area contributed by atoms with Crippen LogP contribution in [0.25, 0.3) is 10.8 Å². The van der Waals surface area contributed by atoms with Crippen LogP contribution in [0.15, 0.2) is 60.7 Å². The van der Waals surface area contributed by atoms with Crippen molar-refractivity contribution in [1.29, 1.82) is 0 Å². The van der Waals surface area contributed by atoms with E-state index < -0.39 is 0 Å². The van der Waals surface area contributed by atoms with Gasteiger partial charge in [-0.25, -0.2) is 0 Å². The average Bonchev–Trinajstić information content (AvgIpc) is 3.62. The summed E-state index contributed by atoms with van der Waals surface area (Å²) >= 11 is 0. The van der Waals surface area contributed by atoms with Crippen molar-refractivity contribution in [3.63, 3.8) is 0 Å². The lowest BCUT2D eigenvalue weighted by Crippen LogP contribution is -2.36. The second-order valence-corrected chi connectivity index (χ2v) is 8.11. The third kappa shape index (κ3) is 4.01. The average molecular weight is 400 g/mol. The summed E-state index contributed by atoms with van der Waals surface area (Å²) < 4.78 is 5.68. The SMILES string of the molecule is O=C(COc1ccc2ccccc2c1)Nc1ccc2c(c1)CN(C(=O)C1CC1)CC2. The van der Waals surface area contributed by atoms with Gasteiger partial charge in [0.1, 0.15) is 5.75 Å². The third-order valence-electron chi connectivity index (χ3n) is 5.83. The molecule has 0 radical (unpaired) electrons. The number of ether oxygens (including phenoxy) is 1. The van der Waals surface area contributed by atoms with Crippen LogP contribution in [-0.4, -0.2) is 29.9 Å². The van der Waals surface area contributed by atoms with Crippen LogP contribution in [0.2, 0.25) is 0 Å². The number of benzene rings is 3. The van der Waals surface area contributed by atoms with Gasteiger partial charge in [0, 0.05) is 24.7 Å². The second-order valence-electron chi connectivity index (χ2n) is 8.11. The monoisotopic (exact) mass is 400 g/mol. The largest absolute Gasteiger partial charge is 0.484 e. The summed E-state index contributed by atoms with van der Waals surface area (Å²) in [6.45, 7) is 1.36. The lowest BCUT2D eigenvalue weighted by molar-refractivity contribution is -0.133. The van der Waals surface area contributed by atoms with Crippen LogP contribution in [0.1, 0.15) is 24.0 Å². The van der Waals surface area contributed by atoms with E-state index in [1.807, 2.05) is 65.6 Å². The first kappa shape index (κ1) is 18.7. The lowest BCUT2D eigenvalue weighted by Gasteiger charge is -2.29. The summed E-state index contributed by atoms with van der Waals surface area (Å²) in [5.74, 6) is 0.980. The van der Waals surface area contributed by atoms with Crippen LogP contribution in [0.3, 0.4) is 0 Å². The lowest BCUT2D eigenvalue weighted by atomic mass is 9.98. The smallest absolute Gasteiger partial charge is 0.262 e. The third-order valence-corrected chi connectivity index (χ3v) is 5.83. The van der Waals surface area contributed by atoms with E-state index in [9.17, 15) is 9.59 Å². The minimum atomic E-state index is -0.204. The molecule has 1 aliphatic carbocycles. The van der Waals surface area contributed by atoms with Crippen molar-refractivity contribution in [2.24, 2.45) is 5.92 Å². The van der Waals surface area contributed by atoms with Crippen LogP contribution >= 0.6 is 0 Å². The maximum absolute atomic E-state index is 12.4. The Morgan fingerprint density at radius 1 is 0.967 bits per heavy atom. The Bertz CT molecular complexity index is 1120. The first-order chi connectivity index (χ1) is 14.7. The quantitative estimate of drug-likeness (QED) is 0.700. The number of hydrogen-bond acceptors (Lipinski definition) is 3. The van der Waals surface area contributed by atoms with E-state index in [-0.39, 0.29) is 24.3 Å². The first-order valence-corrected chi connectivity index (χ1v) is 10.5. The molecule has 0 bridgehead atoms. The summed E-state index contributed by atoms with van der Waals surface area (Å²) in [6, 6.07) is 19.8. The van der Waals surface area contributed by atoms with E-state index in [0.717, 1.165) is 47.8 Å². The van der Waals surface area contributed by atoms with E-state index in [1.54, 1.807) is 0 Å². The second kappa shape index (κ2) is 7.82. The van der Waals surface area contributed by atoms with Gasteiger partial charge >= 0.3 is 0 Å². The van der Waals surface area contributed by atoms with Crippen molar-refractivity contribution in [1.82, 2.24) is 4.90 Å². The van der Waals surface area contributed by atoms with Gasteiger partial charge in [-0.05, 0) is 65.4 Å². The fourth-order valence-corrected chi connectivity index (χ4v) is 4.01. The molecule has 2 amide bonds. The van der Waals surface area contributed by atoms with Crippen LogP contribution in [-0.2, 0) is 22.6 Å². The van der Waals surface area contributed by atoms with Gasteiger partial charge in [-0.15, -0.1) is 0 Å². The van der Waals surface area contributed by atoms with E-state index in [0.29, 0.717) is 12.3 Å². The Labute approximate surface area is 175 Å². The molecule has 1 heterocycles. The fourth-order valence-electron chi connectivity index (χ4n) is 4.01. The number of hydrogen-bond donors (Lipinski definition) is 1. The molecule has 0 spiro atoms. The number of anilines is 1. The summed E-state index contributed by atoms with van der Waals surface area (Å²) in [5, 5.41) is 5.13. The maximum Gasteiger partial charge on any atom is 0.262 e. The molecule has 0 atom stereocenters. The van der Waals surface area contributed by atoms with Gasteiger partial charge in [0.25, 0.3) is 5.91 Å². The molecule has 5 rings (SSSR count). The minimum absolute atomic E-state index is 0.0539. The number of amides is 2. The first-order valence-electron chi connectivity index (χ1n) is 10.5. The number of carbonyl (C=O) groups is 2. The molecule has 0 unspecified atom stereocenters. The predicted octanol–water partition coefficient (Wildman–Crippen LogP) is 4.15. The standard InChI is InChI=1S/C25H24N2O3/c28-24(16-30-23-10-8-17-3-1-2-4-20(17)14-23)26-22-9-7-18-11-12-27(15-21(18)13-22)25(29)19-5-6-19/h1-4,7-10,13-14,19H,5-6,11-12,15-16H2,(H,26,28). The summed E-state index contributed by atoms with van der Waals surface area (Å²) in [7, 11) is 0. The molecule has 1 aliphatic heterocycles. The normalized spacial score (nSPS) is 15.5. The molecule has 5 nitrogen and oxygen atoms in total. The van der Waals surface area contributed by atoms with Crippen molar-refractivity contribution in [2.75, 3.05) is 18.5 Å². The van der Waals surface area contributed by atoms with Crippen molar-refractivity contribution >= 4 is 28.3 Å². The highest BCUT2D eigenvalue weighted by molar-refractivity contribution is 5.92. The molecule has 30 heavy (non-hydrogen) atoms. The van der Waals surface area contributed by atoms with Crippen LogP contribution in [0.5, 0.6) is 5.75 Å². The Balaban J connectivity index is 1.20. The molecule has 3 aromatic rings. The molecule has 2 aliphatic rings. The van der Waals surface area contributed by atoms with Gasteiger partial charge in [-0.3, -0.25) is 9.59 Å². The highest BCUT2D eigenvalue weighted by Crippen LogP contribution is 2.33. The van der Waals surface area contributed by atoms with Gasteiger partial charge in [0.15, 0.2) is 6.61 Å². The fraction of sp³-hybridized carbons (Fsp3) is 0.280. The summed E-state index contributed by atoms with van der Waals surface area (Å²) in [6.07, 6.45) is 2.91. The summed E-state index contributed by atoms with van der Waals surface area (Å²) in [5.41, 5.74) is 3.10. The van der Waals surface area contributed by atoms with Gasteiger partial charge in [-0.1, -0.05) is 36.4 Å². The van der Waals surface area contributed by atoms with Crippen molar-refractivity contribution in [3.8, 4) is 5.75 Å². The van der Waals surface area contributed by atoms with E-state index in [4.69, 9.17) is 4.74 Å². The van der Waals surface area contributed by atoms with E-state index in [2.05, 4.69) is 5.32 Å². The molecular weight excluding hydrogens is 376 g/mol. The Morgan fingerprint density at radius 3 is 2.63 bits per heavy atom. The van der Waals surface area contributed by atoms with Crippen LogP contribution in [0.4, 0.5) is 5.69 Å². The van der Waals surface area contributed by atoms with Crippen LogP contribution in [0, 0.1) is 5.92 Å². The highest BCUT2D eigenvalue weighted by atomic mass is 16.5. The zero-order valence-corrected chi connectivity index (χ0v) is 16.8. The summed E-state index contributed by atoms with van der Waals surface area (Å²) in [4.78, 5) is 26.7. The molecule has 1 saturated carbocycles. The van der Waals surface area contributed by atoms with E-state index >= 15 is 0 Å². The van der Waals surface area contributed by atoms with E-state index in [1.165, 1.54) is 5.56 Å².